The van der Waals surface area contributed by atoms with E-state index in [1.54, 1.807) is 17.1 Å². The van der Waals surface area contributed by atoms with Gasteiger partial charge in [0.2, 0.25) is 6.33 Å². The predicted octanol–water partition coefficient (Wildman–Crippen LogP) is -2.65. The Kier molecular flexibility index (Phi) is 4.69. The first-order valence-corrected chi connectivity index (χ1v) is 3.90. The summed E-state index contributed by atoms with van der Waals surface area (Å²) < 4.78 is 3.52. The van der Waals surface area contributed by atoms with Crippen molar-refractivity contribution in [3.05, 3.63) is 18.7 Å². The topological polar surface area (TPSA) is 46.1 Å². The van der Waals surface area contributed by atoms with Crippen molar-refractivity contribution in [1.29, 1.82) is 0 Å². The van der Waals surface area contributed by atoms with Gasteiger partial charge in [-0.3, -0.25) is 0 Å². The van der Waals surface area contributed by atoms with E-state index in [0.717, 1.165) is 0 Å². The zero-order chi connectivity index (χ0) is 9.14. The first-order valence-electron chi connectivity index (χ1n) is 3.90. The van der Waals surface area contributed by atoms with Crippen molar-refractivity contribution in [2.75, 3.05) is 0 Å². The standard InChI is InChI=1S/C8H12N2O2.BrH/c1-3-7(8(11)12)10-5-4-9(2)6-10;/h4-7H,3H2,1-2H3;1H. The molecule has 0 aliphatic carbocycles. The third-order valence-corrected chi connectivity index (χ3v) is 1.82. The monoisotopic (exact) mass is 248 g/mol. The van der Waals surface area contributed by atoms with Gasteiger partial charge in [0.1, 0.15) is 12.4 Å². The van der Waals surface area contributed by atoms with Gasteiger partial charge in [0.25, 0.3) is 0 Å². The van der Waals surface area contributed by atoms with Crippen molar-refractivity contribution >= 4 is 5.97 Å². The minimum absolute atomic E-state index is 0. The van der Waals surface area contributed by atoms with E-state index in [1.807, 2.05) is 24.7 Å². The number of carbonyl (C=O) groups is 1. The van der Waals surface area contributed by atoms with Crippen LogP contribution in [0.5, 0.6) is 0 Å². The second kappa shape index (κ2) is 5.01. The van der Waals surface area contributed by atoms with Crippen LogP contribution in [0.25, 0.3) is 0 Å². The summed E-state index contributed by atoms with van der Waals surface area (Å²) >= 11 is 0. The Morgan fingerprint density at radius 2 is 2.31 bits per heavy atom. The average Bonchev–Trinajstić information content (AvgIpc) is 2.37. The molecule has 5 heteroatoms. The number of aryl methyl sites for hydroxylation is 1. The van der Waals surface area contributed by atoms with Crippen LogP contribution in [0, 0.1) is 0 Å². The molecule has 0 saturated heterocycles. The summed E-state index contributed by atoms with van der Waals surface area (Å²) in [5, 5.41) is 8.81. The van der Waals surface area contributed by atoms with Gasteiger partial charge in [-0.25, -0.2) is 13.9 Å². The molecule has 13 heavy (non-hydrogen) atoms. The Hall–Kier alpha value is -0.840. The third kappa shape index (κ3) is 2.84. The molecule has 0 aromatic carbocycles. The van der Waals surface area contributed by atoms with E-state index >= 15 is 0 Å². The van der Waals surface area contributed by atoms with Crippen LogP contribution in [-0.4, -0.2) is 15.6 Å². The highest BCUT2D eigenvalue weighted by molar-refractivity contribution is 5.69. The number of carboxylic acids is 1. The number of nitrogens with zero attached hydrogens (tertiary/aromatic N) is 2. The fraction of sp³-hybridized carbons (Fsp3) is 0.500. The second-order valence-electron chi connectivity index (χ2n) is 2.79. The molecule has 0 aliphatic heterocycles. The SMILES string of the molecule is CCC(C(=O)O)[n+]1ccn(C)c1.[Br-]. The molecule has 0 amide bonds. The molecule has 0 spiro atoms. The van der Waals surface area contributed by atoms with Crippen molar-refractivity contribution in [3.8, 4) is 0 Å². The molecule has 1 aromatic heterocycles. The Labute approximate surface area is 87.6 Å². The first kappa shape index (κ1) is 12.2. The molecule has 1 atom stereocenters. The maximum absolute atomic E-state index is 10.7. The highest BCUT2D eigenvalue weighted by atomic mass is 79.9. The molecule has 1 N–H and O–H groups in total. The maximum atomic E-state index is 10.7. The molecule has 0 saturated carbocycles. The number of aliphatic carboxylic acids is 1. The number of aromatic nitrogens is 2. The molecule has 1 aromatic rings. The molecule has 0 bridgehead atoms. The van der Waals surface area contributed by atoms with Crippen LogP contribution < -0.4 is 21.5 Å². The van der Waals surface area contributed by atoms with Crippen LogP contribution in [0.15, 0.2) is 18.7 Å². The van der Waals surface area contributed by atoms with Gasteiger partial charge in [-0.2, -0.15) is 0 Å². The number of halogens is 1. The van der Waals surface area contributed by atoms with Crippen molar-refractivity contribution in [2.24, 2.45) is 7.05 Å². The lowest BCUT2D eigenvalue weighted by molar-refractivity contribution is -0.710. The van der Waals surface area contributed by atoms with Crippen LogP contribution in [0.2, 0.25) is 0 Å². The lowest BCUT2D eigenvalue weighted by Gasteiger charge is -2.03. The number of carboxylic acid groups (broad SMARTS) is 1. The van der Waals surface area contributed by atoms with Crippen LogP contribution >= 0.6 is 0 Å². The predicted molar refractivity (Wildman–Crippen MR) is 42.6 cm³/mol. The number of imidazole rings is 1. The van der Waals surface area contributed by atoms with Gasteiger partial charge >= 0.3 is 5.97 Å². The molecular weight excluding hydrogens is 236 g/mol. The largest absolute Gasteiger partial charge is 1.00 e. The highest BCUT2D eigenvalue weighted by Crippen LogP contribution is 2.01. The lowest BCUT2D eigenvalue weighted by Crippen LogP contribution is -3.00. The van der Waals surface area contributed by atoms with E-state index in [1.165, 1.54) is 0 Å². The highest BCUT2D eigenvalue weighted by Gasteiger charge is 2.21. The normalized spacial score (nSPS) is 11.8. The van der Waals surface area contributed by atoms with Gasteiger partial charge in [0, 0.05) is 0 Å². The Morgan fingerprint density at radius 3 is 2.62 bits per heavy atom. The van der Waals surface area contributed by atoms with Gasteiger partial charge in [-0.05, 0) is 6.42 Å². The summed E-state index contributed by atoms with van der Waals surface area (Å²) in [4.78, 5) is 10.7. The second-order valence-corrected chi connectivity index (χ2v) is 2.79. The Morgan fingerprint density at radius 1 is 1.69 bits per heavy atom. The van der Waals surface area contributed by atoms with Crippen LogP contribution in [0.4, 0.5) is 0 Å². The molecule has 1 unspecified atom stereocenters. The zero-order valence-electron chi connectivity index (χ0n) is 7.64. The average molecular weight is 249 g/mol. The molecule has 1 rings (SSSR count). The minimum atomic E-state index is -0.784. The first-order chi connectivity index (χ1) is 5.65. The van der Waals surface area contributed by atoms with Crippen molar-refractivity contribution in [3.63, 3.8) is 0 Å². The lowest BCUT2D eigenvalue weighted by atomic mass is 10.2. The third-order valence-electron chi connectivity index (χ3n) is 1.82. The van der Waals surface area contributed by atoms with Crippen molar-refractivity contribution in [1.82, 2.24) is 4.57 Å². The molecule has 0 aliphatic rings. The van der Waals surface area contributed by atoms with E-state index in [4.69, 9.17) is 5.11 Å². The van der Waals surface area contributed by atoms with Crippen molar-refractivity contribution < 1.29 is 31.4 Å². The maximum Gasteiger partial charge on any atom is 0.349 e. The number of hydrogen-bond acceptors (Lipinski definition) is 1. The fourth-order valence-corrected chi connectivity index (χ4v) is 1.17. The van der Waals surface area contributed by atoms with E-state index in [-0.39, 0.29) is 17.0 Å². The van der Waals surface area contributed by atoms with Crippen LogP contribution in [0.3, 0.4) is 0 Å². The van der Waals surface area contributed by atoms with Gasteiger partial charge < -0.3 is 22.1 Å². The molecular formula is C8H13BrN2O2. The minimum Gasteiger partial charge on any atom is -1.00 e. The summed E-state index contributed by atoms with van der Waals surface area (Å²) in [6, 6.07) is -0.439. The van der Waals surface area contributed by atoms with E-state index in [0.29, 0.717) is 6.42 Å². The fourth-order valence-electron chi connectivity index (χ4n) is 1.17. The smallest absolute Gasteiger partial charge is 0.349 e. The Bertz CT molecular complexity index is 285. The number of hydrogen-bond donors (Lipinski definition) is 1. The number of rotatable bonds is 3. The van der Waals surface area contributed by atoms with E-state index < -0.39 is 12.0 Å². The van der Waals surface area contributed by atoms with E-state index in [2.05, 4.69) is 0 Å². The van der Waals surface area contributed by atoms with Crippen molar-refractivity contribution in [2.45, 2.75) is 19.4 Å². The quantitative estimate of drug-likeness (QED) is 0.595. The zero-order valence-corrected chi connectivity index (χ0v) is 9.23. The van der Waals surface area contributed by atoms with E-state index in [9.17, 15) is 4.79 Å². The molecule has 4 nitrogen and oxygen atoms in total. The summed E-state index contributed by atoms with van der Waals surface area (Å²) in [7, 11) is 1.87. The molecule has 0 radical (unpaired) electrons. The van der Waals surface area contributed by atoms with Gasteiger partial charge in [0.05, 0.1) is 7.05 Å². The van der Waals surface area contributed by atoms with Gasteiger partial charge in [-0.15, -0.1) is 0 Å². The molecule has 74 valence electrons. The summed E-state index contributed by atoms with van der Waals surface area (Å²) in [5.41, 5.74) is 0. The van der Waals surface area contributed by atoms with Gasteiger partial charge in [0.15, 0.2) is 6.04 Å². The van der Waals surface area contributed by atoms with Gasteiger partial charge in [-0.1, -0.05) is 6.92 Å². The Balaban J connectivity index is 0.00000144. The summed E-state index contributed by atoms with van der Waals surface area (Å²) in [5.74, 6) is -0.784. The van der Waals surface area contributed by atoms with Crippen LogP contribution in [-0.2, 0) is 11.8 Å². The summed E-state index contributed by atoms with van der Waals surface area (Å²) in [6.07, 6.45) is 5.96. The van der Waals surface area contributed by atoms with Crippen LogP contribution in [0.1, 0.15) is 19.4 Å². The molecule has 1 heterocycles. The summed E-state index contributed by atoms with van der Waals surface area (Å²) in [6.45, 7) is 1.86. The molecule has 0 fully saturated rings.